The molecule has 3 unspecified atom stereocenters. The maximum atomic E-state index is 3.74. The van der Waals surface area contributed by atoms with Crippen molar-refractivity contribution in [2.45, 2.75) is 58.4 Å². The molecule has 0 amide bonds. The number of hydrogen-bond acceptors (Lipinski definition) is 2. The molecule has 1 nitrogen and oxygen atoms in total. The van der Waals surface area contributed by atoms with E-state index in [0.29, 0.717) is 0 Å². The summed E-state index contributed by atoms with van der Waals surface area (Å²) >= 11 is 1.82. The Balaban J connectivity index is 1.83. The molecule has 0 spiro atoms. The Hall–Kier alpha value is -0.340. The van der Waals surface area contributed by atoms with Gasteiger partial charge in [0.1, 0.15) is 0 Å². The molecule has 1 saturated carbocycles. The molecule has 0 aliphatic heterocycles. The normalized spacial score (nSPS) is 25.4. The number of thiophene rings is 1. The molecule has 1 aromatic rings. The summed E-state index contributed by atoms with van der Waals surface area (Å²) in [7, 11) is 0. The lowest BCUT2D eigenvalue weighted by Gasteiger charge is -2.24. The van der Waals surface area contributed by atoms with Gasteiger partial charge in [-0.3, -0.25) is 0 Å². The summed E-state index contributed by atoms with van der Waals surface area (Å²) in [6.45, 7) is 5.70. The van der Waals surface area contributed by atoms with Gasteiger partial charge in [0.15, 0.2) is 0 Å². The summed E-state index contributed by atoms with van der Waals surface area (Å²) in [5, 5.41) is 8.23. The van der Waals surface area contributed by atoms with Crippen LogP contribution >= 0.6 is 11.3 Å². The highest BCUT2D eigenvalue weighted by Crippen LogP contribution is 2.36. The molecule has 0 aromatic carbocycles. The van der Waals surface area contributed by atoms with Crippen molar-refractivity contribution in [1.82, 2.24) is 5.32 Å². The van der Waals surface area contributed by atoms with Crippen molar-refractivity contribution in [2.75, 3.05) is 6.54 Å². The van der Waals surface area contributed by atoms with Crippen LogP contribution in [0, 0.1) is 11.8 Å². The van der Waals surface area contributed by atoms with E-state index in [1.54, 1.807) is 0 Å². The topological polar surface area (TPSA) is 12.0 Å². The summed E-state index contributed by atoms with van der Waals surface area (Å²) in [5.41, 5.74) is 1.52. The first-order chi connectivity index (χ1) is 8.83. The van der Waals surface area contributed by atoms with Crippen LogP contribution in [-0.4, -0.2) is 12.6 Å². The zero-order valence-electron chi connectivity index (χ0n) is 11.8. The van der Waals surface area contributed by atoms with Gasteiger partial charge in [0.25, 0.3) is 0 Å². The third-order valence-electron chi connectivity index (χ3n) is 4.52. The van der Waals surface area contributed by atoms with Gasteiger partial charge in [0.2, 0.25) is 0 Å². The lowest BCUT2D eigenvalue weighted by Crippen LogP contribution is -2.35. The average molecular weight is 265 g/mol. The quantitative estimate of drug-likeness (QED) is 0.766. The van der Waals surface area contributed by atoms with Gasteiger partial charge in [-0.1, -0.05) is 26.7 Å². The largest absolute Gasteiger partial charge is 0.314 e. The van der Waals surface area contributed by atoms with Crippen LogP contribution in [0.15, 0.2) is 16.8 Å². The molecule has 1 aliphatic rings. The van der Waals surface area contributed by atoms with Crippen molar-refractivity contribution < 1.29 is 0 Å². The Labute approximate surface area is 116 Å². The molecule has 0 saturated heterocycles. The minimum atomic E-state index is 0.742. The van der Waals surface area contributed by atoms with Gasteiger partial charge >= 0.3 is 0 Å². The SMILES string of the molecule is CCNC(CCc1ccsc1)C1CCC(CC)C1. The van der Waals surface area contributed by atoms with Crippen molar-refractivity contribution in [1.29, 1.82) is 0 Å². The first-order valence-corrected chi connectivity index (χ1v) is 8.52. The van der Waals surface area contributed by atoms with Crippen molar-refractivity contribution in [2.24, 2.45) is 11.8 Å². The molecule has 1 fully saturated rings. The lowest BCUT2D eigenvalue weighted by atomic mass is 9.91. The van der Waals surface area contributed by atoms with Gasteiger partial charge in [-0.05, 0) is 66.5 Å². The average Bonchev–Trinajstić information content (AvgIpc) is 3.05. The number of rotatable bonds is 7. The van der Waals surface area contributed by atoms with E-state index in [1.807, 2.05) is 11.3 Å². The lowest BCUT2D eigenvalue weighted by molar-refractivity contribution is 0.334. The summed E-state index contributed by atoms with van der Waals surface area (Å²) in [5.74, 6) is 1.92. The minimum absolute atomic E-state index is 0.742. The number of nitrogens with one attached hydrogen (secondary N) is 1. The van der Waals surface area contributed by atoms with Crippen molar-refractivity contribution in [3.05, 3.63) is 22.4 Å². The summed E-state index contributed by atoms with van der Waals surface area (Å²) in [4.78, 5) is 0. The molecule has 1 N–H and O–H groups in total. The van der Waals surface area contributed by atoms with Crippen LogP contribution in [-0.2, 0) is 6.42 Å². The van der Waals surface area contributed by atoms with E-state index in [0.717, 1.165) is 24.4 Å². The molecular formula is C16H27NS. The molecule has 0 bridgehead atoms. The highest BCUT2D eigenvalue weighted by Gasteiger charge is 2.29. The van der Waals surface area contributed by atoms with Gasteiger partial charge in [0, 0.05) is 6.04 Å². The zero-order chi connectivity index (χ0) is 12.8. The van der Waals surface area contributed by atoms with E-state index in [2.05, 4.69) is 36.0 Å². The van der Waals surface area contributed by atoms with Crippen LogP contribution in [0.5, 0.6) is 0 Å². The van der Waals surface area contributed by atoms with Gasteiger partial charge in [-0.15, -0.1) is 0 Å². The van der Waals surface area contributed by atoms with Crippen molar-refractivity contribution >= 4 is 11.3 Å². The Kier molecular flexibility index (Phi) is 5.71. The summed E-state index contributed by atoms with van der Waals surface area (Å²) in [6.07, 6.45) is 8.29. The number of aryl methyl sites for hydroxylation is 1. The van der Waals surface area contributed by atoms with Gasteiger partial charge in [0.05, 0.1) is 0 Å². The maximum absolute atomic E-state index is 3.74. The van der Waals surface area contributed by atoms with Crippen LogP contribution in [0.2, 0.25) is 0 Å². The second kappa shape index (κ2) is 7.30. The molecular weight excluding hydrogens is 238 g/mol. The fourth-order valence-electron chi connectivity index (χ4n) is 3.37. The third-order valence-corrected chi connectivity index (χ3v) is 5.25. The van der Waals surface area contributed by atoms with E-state index < -0.39 is 0 Å². The summed E-state index contributed by atoms with van der Waals surface area (Å²) in [6, 6.07) is 3.02. The van der Waals surface area contributed by atoms with E-state index in [1.165, 1.54) is 44.1 Å². The van der Waals surface area contributed by atoms with Gasteiger partial charge < -0.3 is 5.32 Å². The van der Waals surface area contributed by atoms with Crippen LogP contribution in [0.25, 0.3) is 0 Å². The molecule has 1 heterocycles. The van der Waals surface area contributed by atoms with E-state index in [4.69, 9.17) is 0 Å². The van der Waals surface area contributed by atoms with E-state index >= 15 is 0 Å². The molecule has 1 aliphatic carbocycles. The highest BCUT2D eigenvalue weighted by molar-refractivity contribution is 7.07. The maximum Gasteiger partial charge on any atom is 0.00984 e. The summed E-state index contributed by atoms with van der Waals surface area (Å²) < 4.78 is 0. The first kappa shape index (κ1) is 14.1. The monoisotopic (exact) mass is 265 g/mol. The Bertz CT molecular complexity index is 320. The van der Waals surface area contributed by atoms with Crippen LogP contribution in [0.4, 0.5) is 0 Å². The Morgan fingerprint density at radius 3 is 2.89 bits per heavy atom. The van der Waals surface area contributed by atoms with E-state index in [9.17, 15) is 0 Å². The smallest absolute Gasteiger partial charge is 0.00984 e. The van der Waals surface area contributed by atoms with Gasteiger partial charge in [-0.25, -0.2) is 0 Å². The molecule has 1 aromatic heterocycles. The van der Waals surface area contributed by atoms with Crippen molar-refractivity contribution in [3.63, 3.8) is 0 Å². The number of hydrogen-bond donors (Lipinski definition) is 1. The standard InChI is InChI=1S/C16H27NS/c1-3-13-5-7-15(11-13)16(17-4-2)8-6-14-9-10-18-12-14/h9-10,12-13,15-17H,3-8,11H2,1-2H3. The molecule has 2 heteroatoms. The first-order valence-electron chi connectivity index (χ1n) is 7.57. The van der Waals surface area contributed by atoms with Crippen LogP contribution in [0.1, 0.15) is 51.5 Å². The predicted octanol–water partition coefficient (Wildman–Crippen LogP) is 4.49. The Morgan fingerprint density at radius 1 is 1.39 bits per heavy atom. The van der Waals surface area contributed by atoms with Gasteiger partial charge in [-0.2, -0.15) is 11.3 Å². The fraction of sp³-hybridized carbons (Fsp3) is 0.750. The molecule has 0 radical (unpaired) electrons. The highest BCUT2D eigenvalue weighted by atomic mass is 32.1. The van der Waals surface area contributed by atoms with E-state index in [-0.39, 0.29) is 0 Å². The van der Waals surface area contributed by atoms with Crippen LogP contribution in [0.3, 0.4) is 0 Å². The zero-order valence-corrected chi connectivity index (χ0v) is 12.6. The van der Waals surface area contributed by atoms with Crippen molar-refractivity contribution in [3.8, 4) is 0 Å². The molecule has 3 atom stereocenters. The molecule has 2 rings (SSSR count). The Morgan fingerprint density at radius 2 is 2.28 bits per heavy atom. The minimum Gasteiger partial charge on any atom is -0.314 e. The second-order valence-electron chi connectivity index (χ2n) is 5.68. The van der Waals surface area contributed by atoms with Crippen LogP contribution < -0.4 is 5.32 Å². The molecule has 102 valence electrons. The molecule has 18 heavy (non-hydrogen) atoms. The third kappa shape index (κ3) is 3.83. The predicted molar refractivity (Wildman–Crippen MR) is 81.2 cm³/mol. The second-order valence-corrected chi connectivity index (χ2v) is 6.46. The fourth-order valence-corrected chi connectivity index (χ4v) is 4.08.